The first kappa shape index (κ1) is 26.3. The number of hydrogen-bond donors (Lipinski definition) is 3. The molecule has 0 spiro atoms. The van der Waals surface area contributed by atoms with E-state index < -0.39 is 0 Å². The van der Waals surface area contributed by atoms with Crippen LogP contribution in [0.5, 0.6) is 0 Å². The molecule has 0 bridgehead atoms. The lowest BCUT2D eigenvalue weighted by Crippen LogP contribution is -2.10. The maximum absolute atomic E-state index is 5.52. The molecule has 3 nitrogen and oxygen atoms in total. The number of benzene rings is 2. The molecule has 0 aliphatic carbocycles. The minimum atomic E-state index is 0.243. The Morgan fingerprint density at radius 3 is 1.71 bits per heavy atom. The van der Waals surface area contributed by atoms with Crippen LogP contribution in [0.2, 0.25) is 0 Å². The molecule has 0 unspecified atom stereocenters. The summed E-state index contributed by atoms with van der Waals surface area (Å²) in [5.74, 6) is 0.773. The third-order valence-electron chi connectivity index (χ3n) is 4.52. The van der Waals surface area contributed by atoms with Crippen molar-refractivity contribution in [2.24, 2.45) is 23.1 Å². The summed E-state index contributed by atoms with van der Waals surface area (Å²) in [5.41, 5.74) is 22.9. The molecule has 0 fully saturated rings. The van der Waals surface area contributed by atoms with Gasteiger partial charge in [-0.15, -0.1) is 0 Å². The van der Waals surface area contributed by atoms with Crippen molar-refractivity contribution in [3.8, 4) is 0 Å². The predicted molar refractivity (Wildman–Crippen MR) is 125 cm³/mol. The second kappa shape index (κ2) is 13.5. The van der Waals surface area contributed by atoms with Crippen LogP contribution >= 0.6 is 0 Å². The normalized spacial score (nSPS) is 10.7. The van der Waals surface area contributed by atoms with Gasteiger partial charge in [0.2, 0.25) is 0 Å². The van der Waals surface area contributed by atoms with Crippen molar-refractivity contribution < 1.29 is 0 Å². The molecule has 0 aromatic heterocycles. The summed E-state index contributed by atoms with van der Waals surface area (Å²) < 4.78 is 0. The Bertz CT molecular complexity index is 652. The van der Waals surface area contributed by atoms with Gasteiger partial charge in [0.25, 0.3) is 0 Å². The van der Waals surface area contributed by atoms with E-state index in [0.29, 0.717) is 13.1 Å². The van der Waals surface area contributed by atoms with Gasteiger partial charge in [0.15, 0.2) is 0 Å². The van der Waals surface area contributed by atoms with Crippen LogP contribution < -0.4 is 17.2 Å². The fourth-order valence-electron chi connectivity index (χ4n) is 2.49. The number of nitrogens with two attached hydrogens (primary N) is 3. The van der Waals surface area contributed by atoms with Gasteiger partial charge >= 0.3 is 0 Å². The Labute approximate surface area is 173 Å². The standard InChI is InChI=1S/C11H17N.C9H13N.C5H13N/c1-11(2,3)10-6-4-9(8-12)5-7-10;1-7-3-4-8(2)9(5-7)6-10;1-5(2)3-4-6/h4-7H,8,12H2,1-3H3;3-5H,6,10H2,1-2H3;5H,3-4,6H2,1-2H3. The Morgan fingerprint density at radius 1 is 0.821 bits per heavy atom. The lowest BCUT2D eigenvalue weighted by atomic mass is 9.87. The van der Waals surface area contributed by atoms with Gasteiger partial charge in [-0.2, -0.15) is 0 Å². The first-order chi connectivity index (χ1) is 13.0. The molecule has 2 aromatic rings. The predicted octanol–water partition coefficient (Wildman–Crippen LogP) is 5.20. The minimum Gasteiger partial charge on any atom is -0.330 e. The number of aryl methyl sites for hydroxylation is 2. The van der Waals surface area contributed by atoms with Crippen molar-refractivity contribution in [2.45, 2.75) is 73.4 Å². The molecule has 0 aliphatic rings. The Hall–Kier alpha value is -1.68. The highest BCUT2D eigenvalue weighted by Gasteiger charge is 2.12. The van der Waals surface area contributed by atoms with E-state index in [1.807, 2.05) is 0 Å². The van der Waals surface area contributed by atoms with Crippen LogP contribution in [0, 0.1) is 19.8 Å². The average Bonchev–Trinajstić information content (AvgIpc) is 2.64. The SMILES string of the molecule is CC(C)(C)c1ccc(CN)cc1.CC(C)CCN.Cc1ccc(C)c(CN)c1. The van der Waals surface area contributed by atoms with E-state index in [0.717, 1.165) is 18.9 Å². The van der Waals surface area contributed by atoms with Gasteiger partial charge in [0, 0.05) is 13.1 Å². The van der Waals surface area contributed by atoms with Crippen molar-refractivity contribution in [1.82, 2.24) is 0 Å². The molecule has 0 aliphatic heterocycles. The molecule has 0 saturated carbocycles. The fourth-order valence-corrected chi connectivity index (χ4v) is 2.49. The number of hydrogen-bond acceptors (Lipinski definition) is 3. The van der Waals surface area contributed by atoms with E-state index in [1.54, 1.807) is 0 Å². The average molecular weight is 386 g/mol. The molecular formula is C25H43N3. The van der Waals surface area contributed by atoms with Gasteiger partial charge in [-0.25, -0.2) is 0 Å². The Balaban J connectivity index is 0.000000414. The molecule has 0 radical (unpaired) electrons. The lowest BCUT2D eigenvalue weighted by Gasteiger charge is -2.18. The molecule has 3 heteroatoms. The van der Waals surface area contributed by atoms with E-state index >= 15 is 0 Å². The molecular weight excluding hydrogens is 342 g/mol. The third-order valence-corrected chi connectivity index (χ3v) is 4.52. The van der Waals surface area contributed by atoms with Crippen LogP contribution in [0.15, 0.2) is 42.5 Å². The van der Waals surface area contributed by atoms with Crippen LogP contribution in [-0.2, 0) is 18.5 Å². The zero-order valence-electron chi connectivity index (χ0n) is 19.2. The second-order valence-corrected chi connectivity index (χ2v) is 8.76. The summed E-state index contributed by atoms with van der Waals surface area (Å²) in [5, 5.41) is 0. The highest BCUT2D eigenvalue weighted by molar-refractivity contribution is 5.30. The first-order valence-electron chi connectivity index (χ1n) is 10.3. The molecule has 0 atom stereocenters. The van der Waals surface area contributed by atoms with E-state index in [-0.39, 0.29) is 5.41 Å². The molecule has 0 saturated heterocycles. The maximum Gasteiger partial charge on any atom is 0.0180 e. The summed E-state index contributed by atoms with van der Waals surface area (Å²) in [6, 6.07) is 14.9. The summed E-state index contributed by atoms with van der Waals surface area (Å²) in [4.78, 5) is 0. The molecule has 158 valence electrons. The topological polar surface area (TPSA) is 78.1 Å². The van der Waals surface area contributed by atoms with E-state index in [2.05, 4.69) is 90.9 Å². The highest BCUT2D eigenvalue weighted by Crippen LogP contribution is 2.21. The highest BCUT2D eigenvalue weighted by atomic mass is 14.5. The molecule has 28 heavy (non-hydrogen) atoms. The molecule has 0 heterocycles. The van der Waals surface area contributed by atoms with Crippen molar-refractivity contribution in [3.05, 3.63) is 70.3 Å². The zero-order valence-corrected chi connectivity index (χ0v) is 19.2. The van der Waals surface area contributed by atoms with E-state index in [9.17, 15) is 0 Å². The molecule has 2 rings (SSSR count). The quantitative estimate of drug-likeness (QED) is 0.677. The van der Waals surface area contributed by atoms with Crippen LogP contribution in [0.4, 0.5) is 0 Å². The van der Waals surface area contributed by atoms with Crippen LogP contribution in [0.25, 0.3) is 0 Å². The molecule has 6 N–H and O–H groups in total. The van der Waals surface area contributed by atoms with Gasteiger partial charge in [-0.05, 0) is 60.4 Å². The largest absolute Gasteiger partial charge is 0.330 e. The molecule has 2 aromatic carbocycles. The smallest absolute Gasteiger partial charge is 0.0180 e. The maximum atomic E-state index is 5.52. The fraction of sp³-hybridized carbons (Fsp3) is 0.520. The summed E-state index contributed by atoms with van der Waals surface area (Å²) in [6.45, 7) is 17.3. The zero-order chi connectivity index (χ0) is 21.7. The van der Waals surface area contributed by atoms with Crippen molar-refractivity contribution in [2.75, 3.05) is 6.54 Å². The van der Waals surface area contributed by atoms with Gasteiger partial charge in [0.1, 0.15) is 0 Å². The Kier molecular flexibility index (Phi) is 12.7. The lowest BCUT2D eigenvalue weighted by molar-refractivity contribution is 0.590. The summed E-state index contributed by atoms with van der Waals surface area (Å²) in [7, 11) is 0. The van der Waals surface area contributed by atoms with Crippen molar-refractivity contribution in [3.63, 3.8) is 0 Å². The van der Waals surface area contributed by atoms with Gasteiger partial charge in [-0.1, -0.05) is 82.6 Å². The van der Waals surface area contributed by atoms with Crippen LogP contribution in [-0.4, -0.2) is 6.54 Å². The van der Waals surface area contributed by atoms with E-state index in [1.165, 1.54) is 27.8 Å². The van der Waals surface area contributed by atoms with Crippen LogP contribution in [0.3, 0.4) is 0 Å². The molecule has 0 amide bonds. The van der Waals surface area contributed by atoms with Gasteiger partial charge in [-0.3, -0.25) is 0 Å². The first-order valence-corrected chi connectivity index (χ1v) is 10.3. The minimum absolute atomic E-state index is 0.243. The number of rotatable bonds is 4. The van der Waals surface area contributed by atoms with Crippen LogP contribution in [0.1, 0.15) is 68.9 Å². The van der Waals surface area contributed by atoms with Crippen molar-refractivity contribution >= 4 is 0 Å². The monoisotopic (exact) mass is 385 g/mol. The summed E-state index contributed by atoms with van der Waals surface area (Å²) >= 11 is 0. The third kappa shape index (κ3) is 11.2. The van der Waals surface area contributed by atoms with Gasteiger partial charge < -0.3 is 17.2 Å². The summed E-state index contributed by atoms with van der Waals surface area (Å²) in [6.07, 6.45) is 1.15. The Morgan fingerprint density at radius 2 is 1.39 bits per heavy atom. The van der Waals surface area contributed by atoms with Gasteiger partial charge in [0.05, 0.1) is 0 Å². The van der Waals surface area contributed by atoms with Crippen molar-refractivity contribution in [1.29, 1.82) is 0 Å². The second-order valence-electron chi connectivity index (χ2n) is 8.76. The van der Waals surface area contributed by atoms with E-state index in [4.69, 9.17) is 17.2 Å².